The lowest BCUT2D eigenvalue weighted by molar-refractivity contribution is -0.151. The molecule has 1 saturated heterocycles. The van der Waals surface area contributed by atoms with E-state index in [9.17, 15) is 14.4 Å². The van der Waals surface area contributed by atoms with Gasteiger partial charge in [0.2, 0.25) is 11.7 Å². The molecule has 6 nitrogen and oxygen atoms in total. The highest BCUT2D eigenvalue weighted by molar-refractivity contribution is 6.00. The van der Waals surface area contributed by atoms with Gasteiger partial charge in [-0.25, -0.2) is 0 Å². The molecule has 0 radical (unpaired) electrons. The van der Waals surface area contributed by atoms with Crippen LogP contribution in [0.4, 0.5) is 0 Å². The Morgan fingerprint density at radius 1 is 1.15 bits per heavy atom. The van der Waals surface area contributed by atoms with Crippen molar-refractivity contribution in [3.8, 4) is 5.75 Å². The fourth-order valence-electron chi connectivity index (χ4n) is 3.77. The van der Waals surface area contributed by atoms with E-state index in [-0.39, 0.29) is 24.2 Å². The maximum atomic E-state index is 12.4. The van der Waals surface area contributed by atoms with Crippen LogP contribution < -0.4 is 4.74 Å². The number of hydrogen-bond donors (Lipinski definition) is 0. The summed E-state index contributed by atoms with van der Waals surface area (Å²) in [5, 5.41) is 0. The number of esters is 1. The zero-order valence-electron chi connectivity index (χ0n) is 15.3. The van der Waals surface area contributed by atoms with Crippen molar-refractivity contribution in [2.75, 3.05) is 13.7 Å². The van der Waals surface area contributed by atoms with E-state index in [2.05, 4.69) is 0 Å². The molecule has 2 atom stereocenters. The molecular formula is C20H25NO5. The molecule has 1 heterocycles. The summed E-state index contributed by atoms with van der Waals surface area (Å²) < 4.78 is 10.4. The van der Waals surface area contributed by atoms with E-state index in [4.69, 9.17) is 9.47 Å². The van der Waals surface area contributed by atoms with Crippen molar-refractivity contribution < 1.29 is 23.9 Å². The molecule has 0 unspecified atom stereocenters. The van der Waals surface area contributed by atoms with Gasteiger partial charge in [-0.3, -0.25) is 14.4 Å². The molecule has 26 heavy (non-hydrogen) atoms. The highest BCUT2D eigenvalue weighted by Gasteiger charge is 2.40. The quantitative estimate of drug-likeness (QED) is 0.577. The number of carbonyl (C=O) groups excluding carboxylic acids is 3. The number of ketones is 1. The van der Waals surface area contributed by atoms with E-state index < -0.39 is 18.0 Å². The van der Waals surface area contributed by atoms with Crippen LogP contribution in [-0.4, -0.2) is 48.4 Å². The monoisotopic (exact) mass is 359 g/mol. The van der Waals surface area contributed by atoms with Gasteiger partial charge in [-0.15, -0.1) is 0 Å². The summed E-state index contributed by atoms with van der Waals surface area (Å²) >= 11 is 0. The second-order valence-electron chi connectivity index (χ2n) is 7.06. The Morgan fingerprint density at radius 2 is 1.81 bits per heavy atom. The van der Waals surface area contributed by atoms with E-state index >= 15 is 0 Å². The zero-order valence-corrected chi connectivity index (χ0v) is 15.3. The number of hydrogen-bond acceptors (Lipinski definition) is 5. The summed E-state index contributed by atoms with van der Waals surface area (Å²) in [7, 11) is 1.55. The van der Waals surface area contributed by atoms with Crippen LogP contribution >= 0.6 is 0 Å². The van der Waals surface area contributed by atoms with Gasteiger partial charge in [-0.2, -0.15) is 0 Å². The molecule has 1 saturated carbocycles. The molecule has 6 heteroatoms. The van der Waals surface area contributed by atoms with Crippen molar-refractivity contribution in [3.63, 3.8) is 0 Å². The highest BCUT2D eigenvalue weighted by Crippen LogP contribution is 2.30. The standard InChI is InChI=1S/C20H25NO5/c1-13(19(23)14-7-9-17(25-2)10-8-14)26-20(24)15-11-18(22)21(12-15)16-5-3-4-6-16/h7-10,13,15-16H,3-6,11-12H2,1-2H3/t13-,15-/m1/s1. The number of ether oxygens (including phenoxy) is 2. The Labute approximate surface area is 153 Å². The molecule has 1 aliphatic carbocycles. The number of likely N-dealkylation sites (tertiary alicyclic amines) is 1. The Morgan fingerprint density at radius 3 is 2.42 bits per heavy atom. The molecule has 3 rings (SSSR count). The summed E-state index contributed by atoms with van der Waals surface area (Å²) in [5.41, 5.74) is 0.459. The molecule has 1 aliphatic heterocycles. The van der Waals surface area contributed by atoms with Gasteiger partial charge >= 0.3 is 5.97 Å². The zero-order chi connectivity index (χ0) is 18.7. The van der Waals surface area contributed by atoms with E-state index in [1.165, 1.54) is 0 Å². The number of benzene rings is 1. The number of carbonyl (C=O) groups is 3. The molecule has 1 aromatic carbocycles. The molecule has 0 aromatic heterocycles. The average Bonchev–Trinajstić information content (AvgIpc) is 3.30. The van der Waals surface area contributed by atoms with Crippen LogP contribution in [-0.2, 0) is 14.3 Å². The first-order valence-corrected chi connectivity index (χ1v) is 9.18. The molecular weight excluding hydrogens is 334 g/mol. The lowest BCUT2D eigenvalue weighted by Crippen LogP contribution is -2.35. The Kier molecular flexibility index (Phi) is 5.59. The van der Waals surface area contributed by atoms with E-state index in [1.807, 2.05) is 4.90 Å². The van der Waals surface area contributed by atoms with Crippen LogP contribution in [0.1, 0.15) is 49.4 Å². The van der Waals surface area contributed by atoms with Gasteiger partial charge in [-0.05, 0) is 44.0 Å². The smallest absolute Gasteiger partial charge is 0.311 e. The molecule has 0 bridgehead atoms. The number of amides is 1. The Hall–Kier alpha value is -2.37. The molecule has 2 aliphatic rings. The normalized spacial score (nSPS) is 21.7. The van der Waals surface area contributed by atoms with Crippen LogP contribution in [0.2, 0.25) is 0 Å². The number of Topliss-reactive ketones (excluding diaryl/α,β-unsaturated/α-hetero) is 1. The number of methoxy groups -OCH3 is 1. The predicted octanol–water partition coefficient (Wildman–Crippen LogP) is 2.60. The van der Waals surface area contributed by atoms with Crippen molar-refractivity contribution in [2.45, 2.75) is 51.2 Å². The summed E-state index contributed by atoms with van der Waals surface area (Å²) in [6.45, 7) is 1.97. The predicted molar refractivity (Wildman–Crippen MR) is 95.0 cm³/mol. The summed E-state index contributed by atoms with van der Waals surface area (Å²) in [6, 6.07) is 6.94. The van der Waals surface area contributed by atoms with Gasteiger partial charge in [0.1, 0.15) is 5.75 Å². The summed E-state index contributed by atoms with van der Waals surface area (Å²) in [6.07, 6.45) is 3.60. The highest BCUT2D eigenvalue weighted by atomic mass is 16.5. The molecule has 2 fully saturated rings. The van der Waals surface area contributed by atoms with Gasteiger partial charge in [-0.1, -0.05) is 12.8 Å². The van der Waals surface area contributed by atoms with Crippen molar-refractivity contribution in [2.24, 2.45) is 5.92 Å². The molecule has 0 spiro atoms. The molecule has 1 amide bonds. The van der Waals surface area contributed by atoms with E-state index in [1.54, 1.807) is 38.3 Å². The minimum atomic E-state index is -0.883. The Bertz CT molecular complexity index is 678. The fourth-order valence-corrected chi connectivity index (χ4v) is 3.77. The third-order valence-electron chi connectivity index (χ3n) is 5.29. The van der Waals surface area contributed by atoms with Gasteiger partial charge in [0, 0.05) is 24.6 Å². The van der Waals surface area contributed by atoms with Crippen LogP contribution in [0.15, 0.2) is 24.3 Å². The van der Waals surface area contributed by atoms with Gasteiger partial charge in [0.25, 0.3) is 0 Å². The minimum absolute atomic E-state index is 0.0213. The van der Waals surface area contributed by atoms with Crippen LogP contribution in [0.5, 0.6) is 5.75 Å². The van der Waals surface area contributed by atoms with Gasteiger partial charge in [0.05, 0.1) is 13.0 Å². The topological polar surface area (TPSA) is 72.9 Å². The molecule has 140 valence electrons. The summed E-state index contributed by atoms with van der Waals surface area (Å²) in [4.78, 5) is 38.9. The van der Waals surface area contributed by atoms with Crippen LogP contribution in [0, 0.1) is 5.92 Å². The number of nitrogens with zero attached hydrogens (tertiary/aromatic N) is 1. The first kappa shape index (κ1) is 18.4. The Balaban J connectivity index is 1.56. The second-order valence-corrected chi connectivity index (χ2v) is 7.06. The van der Waals surface area contributed by atoms with E-state index in [0.29, 0.717) is 17.9 Å². The van der Waals surface area contributed by atoms with Crippen LogP contribution in [0.3, 0.4) is 0 Å². The van der Waals surface area contributed by atoms with E-state index in [0.717, 1.165) is 25.7 Å². The lowest BCUT2D eigenvalue weighted by Gasteiger charge is -2.24. The SMILES string of the molecule is COc1ccc(C(=O)[C@@H](C)OC(=O)[C@@H]2CC(=O)N(C3CCCC3)C2)cc1. The largest absolute Gasteiger partial charge is 0.497 e. The maximum Gasteiger partial charge on any atom is 0.311 e. The second kappa shape index (κ2) is 7.89. The molecule has 0 N–H and O–H groups in total. The lowest BCUT2D eigenvalue weighted by atomic mass is 10.1. The molecule has 1 aromatic rings. The first-order chi connectivity index (χ1) is 12.5. The fraction of sp³-hybridized carbons (Fsp3) is 0.550. The van der Waals surface area contributed by atoms with Crippen LogP contribution in [0.25, 0.3) is 0 Å². The number of rotatable bonds is 6. The summed E-state index contributed by atoms with van der Waals surface area (Å²) in [5.74, 6) is -0.531. The van der Waals surface area contributed by atoms with Crippen molar-refractivity contribution in [1.29, 1.82) is 0 Å². The first-order valence-electron chi connectivity index (χ1n) is 9.18. The third-order valence-corrected chi connectivity index (χ3v) is 5.29. The maximum absolute atomic E-state index is 12.4. The van der Waals surface area contributed by atoms with Crippen molar-refractivity contribution in [3.05, 3.63) is 29.8 Å². The third kappa shape index (κ3) is 3.89. The minimum Gasteiger partial charge on any atom is -0.497 e. The van der Waals surface area contributed by atoms with Gasteiger partial charge < -0.3 is 14.4 Å². The average molecular weight is 359 g/mol. The van der Waals surface area contributed by atoms with Crippen molar-refractivity contribution in [1.82, 2.24) is 4.90 Å². The van der Waals surface area contributed by atoms with Crippen molar-refractivity contribution >= 4 is 17.7 Å². The van der Waals surface area contributed by atoms with Gasteiger partial charge in [0.15, 0.2) is 6.10 Å².